The van der Waals surface area contributed by atoms with Crippen LogP contribution in [0.4, 0.5) is 16.2 Å². The van der Waals surface area contributed by atoms with Crippen molar-refractivity contribution < 1.29 is 4.79 Å². The Morgan fingerprint density at radius 2 is 2.05 bits per heavy atom. The largest absolute Gasteiger partial charge is 0.323 e. The van der Waals surface area contributed by atoms with E-state index in [-0.39, 0.29) is 6.03 Å². The summed E-state index contributed by atoms with van der Waals surface area (Å²) >= 11 is 0. The number of aryl methyl sites for hydroxylation is 1. The lowest BCUT2D eigenvalue weighted by Gasteiger charge is -2.08. The van der Waals surface area contributed by atoms with Crippen LogP contribution in [0.15, 0.2) is 30.5 Å². The normalized spacial score (nSPS) is 14.1. The zero-order valence-corrected chi connectivity index (χ0v) is 11.4. The number of rotatable bonds is 4. The molecule has 104 valence electrons. The lowest BCUT2D eigenvalue weighted by atomic mass is 10.1. The van der Waals surface area contributed by atoms with Crippen molar-refractivity contribution in [2.45, 2.75) is 32.1 Å². The summed E-state index contributed by atoms with van der Waals surface area (Å²) in [6.07, 6.45) is 4.98. The molecule has 1 aromatic carbocycles. The Kier molecular flexibility index (Phi) is 3.41. The second-order valence-electron chi connectivity index (χ2n) is 5.10. The first-order valence-corrected chi connectivity index (χ1v) is 6.96. The van der Waals surface area contributed by atoms with Crippen LogP contribution in [0.3, 0.4) is 0 Å². The van der Waals surface area contributed by atoms with Gasteiger partial charge in [-0.3, -0.25) is 5.10 Å². The summed E-state index contributed by atoms with van der Waals surface area (Å²) in [5, 5.41) is 12.6. The third-order valence-electron chi connectivity index (χ3n) is 3.52. The second kappa shape index (κ2) is 5.36. The number of benzene rings is 1. The van der Waals surface area contributed by atoms with Crippen molar-refractivity contribution in [2.75, 3.05) is 10.6 Å². The van der Waals surface area contributed by atoms with E-state index in [9.17, 15) is 4.79 Å². The van der Waals surface area contributed by atoms with Gasteiger partial charge in [-0.25, -0.2) is 4.79 Å². The molecule has 2 aromatic rings. The van der Waals surface area contributed by atoms with Crippen LogP contribution in [-0.4, -0.2) is 16.2 Å². The number of nitrogens with one attached hydrogen (secondary N) is 3. The highest BCUT2D eigenvalue weighted by Gasteiger charge is 2.28. The fraction of sp³-hybridized carbons (Fsp3) is 0.333. The van der Waals surface area contributed by atoms with Gasteiger partial charge >= 0.3 is 6.03 Å². The Bertz CT molecular complexity index is 599. The van der Waals surface area contributed by atoms with Crippen molar-refractivity contribution in [3.8, 4) is 0 Å². The highest BCUT2D eigenvalue weighted by molar-refractivity contribution is 6.00. The molecule has 1 aliphatic rings. The Hall–Kier alpha value is -2.30. The maximum atomic E-state index is 12.0. The number of carbonyl (C=O) groups is 1. The third kappa shape index (κ3) is 2.82. The van der Waals surface area contributed by atoms with Gasteiger partial charge in [-0.15, -0.1) is 0 Å². The number of urea groups is 1. The van der Waals surface area contributed by atoms with Crippen LogP contribution in [0.5, 0.6) is 0 Å². The van der Waals surface area contributed by atoms with Crippen LogP contribution in [0.2, 0.25) is 0 Å². The molecule has 1 aliphatic carbocycles. The smallest absolute Gasteiger partial charge is 0.308 e. The summed E-state index contributed by atoms with van der Waals surface area (Å²) < 4.78 is 0. The number of aromatic amines is 1. The summed E-state index contributed by atoms with van der Waals surface area (Å²) in [6.45, 7) is 2.10. The zero-order chi connectivity index (χ0) is 13.9. The molecule has 0 radical (unpaired) electrons. The average molecular weight is 270 g/mol. The van der Waals surface area contributed by atoms with Crippen LogP contribution in [0.1, 0.15) is 36.9 Å². The fourth-order valence-electron chi connectivity index (χ4n) is 2.19. The van der Waals surface area contributed by atoms with E-state index in [0.717, 1.165) is 36.3 Å². The van der Waals surface area contributed by atoms with E-state index in [2.05, 4.69) is 27.8 Å². The molecule has 1 heterocycles. The number of nitrogens with zero attached hydrogens (tertiary/aromatic N) is 1. The number of carbonyl (C=O) groups excluding carboxylic acids is 1. The second-order valence-corrected chi connectivity index (χ2v) is 5.10. The van der Waals surface area contributed by atoms with Crippen LogP contribution >= 0.6 is 0 Å². The van der Waals surface area contributed by atoms with E-state index in [1.165, 1.54) is 5.56 Å². The Balaban J connectivity index is 1.62. The van der Waals surface area contributed by atoms with E-state index in [0.29, 0.717) is 5.92 Å². The van der Waals surface area contributed by atoms with Gasteiger partial charge in [0.2, 0.25) is 0 Å². The van der Waals surface area contributed by atoms with Crippen molar-refractivity contribution in [2.24, 2.45) is 0 Å². The summed E-state index contributed by atoms with van der Waals surface area (Å²) in [6, 6.07) is 7.62. The first-order chi connectivity index (χ1) is 9.76. The number of H-pyrrole nitrogens is 1. The van der Waals surface area contributed by atoms with Crippen LogP contribution in [-0.2, 0) is 6.42 Å². The number of anilines is 2. The molecular weight excluding hydrogens is 252 g/mol. The first-order valence-electron chi connectivity index (χ1n) is 6.96. The maximum Gasteiger partial charge on any atom is 0.323 e. The van der Waals surface area contributed by atoms with Gasteiger partial charge in [0, 0.05) is 11.6 Å². The van der Waals surface area contributed by atoms with Crippen molar-refractivity contribution in [3.05, 3.63) is 41.7 Å². The summed E-state index contributed by atoms with van der Waals surface area (Å²) in [4.78, 5) is 12.0. The summed E-state index contributed by atoms with van der Waals surface area (Å²) in [5.41, 5.74) is 3.84. The van der Waals surface area contributed by atoms with E-state index in [1.54, 1.807) is 6.20 Å². The van der Waals surface area contributed by atoms with Crippen LogP contribution < -0.4 is 10.6 Å². The van der Waals surface area contributed by atoms with E-state index in [4.69, 9.17) is 0 Å². The zero-order valence-electron chi connectivity index (χ0n) is 11.4. The third-order valence-corrected chi connectivity index (χ3v) is 3.52. The van der Waals surface area contributed by atoms with E-state index < -0.39 is 0 Å². The number of hydrogen-bond donors (Lipinski definition) is 3. The fourth-order valence-corrected chi connectivity index (χ4v) is 2.19. The lowest BCUT2D eigenvalue weighted by molar-refractivity contribution is 0.262. The highest BCUT2D eigenvalue weighted by atomic mass is 16.2. The number of amides is 2. The molecule has 20 heavy (non-hydrogen) atoms. The molecule has 0 aliphatic heterocycles. The molecule has 1 saturated carbocycles. The van der Waals surface area contributed by atoms with Crippen LogP contribution in [0, 0.1) is 0 Å². The predicted octanol–water partition coefficient (Wildman–Crippen LogP) is 3.49. The molecule has 0 saturated heterocycles. The number of aromatic nitrogens is 2. The van der Waals surface area contributed by atoms with Crippen molar-refractivity contribution in [1.82, 2.24) is 10.2 Å². The van der Waals surface area contributed by atoms with Gasteiger partial charge in [0.25, 0.3) is 0 Å². The van der Waals surface area contributed by atoms with Crippen LogP contribution in [0.25, 0.3) is 0 Å². The SMILES string of the molecule is CCc1ccc(NC(=O)Nc2cn[nH]c2C2CC2)cc1. The van der Waals surface area contributed by atoms with Gasteiger partial charge in [0.15, 0.2) is 0 Å². The molecule has 0 spiro atoms. The molecule has 0 atom stereocenters. The molecule has 5 nitrogen and oxygen atoms in total. The number of hydrogen-bond acceptors (Lipinski definition) is 2. The molecule has 5 heteroatoms. The standard InChI is InChI=1S/C15H18N4O/c1-2-10-3-7-12(8-4-10)17-15(20)18-13-9-16-19-14(13)11-5-6-11/h3-4,7-9,11H,2,5-6H2,1H3,(H,16,19)(H2,17,18,20). The quantitative estimate of drug-likeness (QED) is 0.795. The van der Waals surface area contributed by atoms with Gasteiger partial charge in [-0.1, -0.05) is 19.1 Å². The molecule has 0 bridgehead atoms. The minimum atomic E-state index is -0.238. The van der Waals surface area contributed by atoms with Crippen molar-refractivity contribution in [1.29, 1.82) is 0 Å². The summed E-state index contributed by atoms with van der Waals surface area (Å²) in [5.74, 6) is 0.525. The van der Waals surface area contributed by atoms with Crippen molar-refractivity contribution >= 4 is 17.4 Å². The maximum absolute atomic E-state index is 12.0. The molecule has 1 aromatic heterocycles. The highest BCUT2D eigenvalue weighted by Crippen LogP contribution is 2.42. The van der Waals surface area contributed by atoms with Crippen molar-refractivity contribution in [3.63, 3.8) is 0 Å². The predicted molar refractivity (Wildman–Crippen MR) is 79.0 cm³/mol. The van der Waals surface area contributed by atoms with Gasteiger partial charge in [0.05, 0.1) is 17.6 Å². The van der Waals surface area contributed by atoms with Gasteiger partial charge in [0.1, 0.15) is 0 Å². The molecule has 1 fully saturated rings. The molecule has 3 N–H and O–H groups in total. The molecule has 0 unspecified atom stereocenters. The Morgan fingerprint density at radius 1 is 1.30 bits per heavy atom. The molecule has 2 amide bonds. The Labute approximate surface area is 117 Å². The first kappa shape index (κ1) is 12.7. The Morgan fingerprint density at radius 3 is 2.70 bits per heavy atom. The van der Waals surface area contributed by atoms with E-state index in [1.807, 2.05) is 24.3 Å². The van der Waals surface area contributed by atoms with Gasteiger partial charge in [-0.05, 0) is 37.0 Å². The average Bonchev–Trinajstić information content (AvgIpc) is 3.20. The minimum Gasteiger partial charge on any atom is -0.308 e. The monoisotopic (exact) mass is 270 g/mol. The topological polar surface area (TPSA) is 69.8 Å². The minimum absolute atomic E-state index is 0.238. The lowest BCUT2D eigenvalue weighted by Crippen LogP contribution is -2.19. The van der Waals surface area contributed by atoms with Gasteiger partial charge in [-0.2, -0.15) is 5.10 Å². The summed E-state index contributed by atoms with van der Waals surface area (Å²) in [7, 11) is 0. The molecular formula is C15H18N4O. The van der Waals surface area contributed by atoms with Gasteiger partial charge < -0.3 is 10.6 Å². The van der Waals surface area contributed by atoms with E-state index >= 15 is 0 Å². The molecule has 3 rings (SSSR count).